The quantitative estimate of drug-likeness (QED) is 0.338. The lowest BCUT2D eigenvalue weighted by Gasteiger charge is -2.24. The second-order valence-electron chi connectivity index (χ2n) is 1.57. The van der Waals surface area contributed by atoms with E-state index in [-0.39, 0.29) is 18.7 Å². The summed E-state index contributed by atoms with van der Waals surface area (Å²) < 4.78 is 4.76. The predicted octanol–water partition coefficient (Wildman–Crippen LogP) is -1.58. The van der Waals surface area contributed by atoms with Gasteiger partial charge in [-0.3, -0.25) is 4.79 Å². The lowest BCUT2D eigenvalue weighted by molar-refractivity contribution is -0.141. The van der Waals surface area contributed by atoms with Crippen LogP contribution in [0.15, 0.2) is 0 Å². The van der Waals surface area contributed by atoms with E-state index in [0.29, 0.717) is 6.54 Å². The topological polar surface area (TPSA) is 64.3 Å². The molecule has 4 nitrogen and oxygen atoms in total. The van der Waals surface area contributed by atoms with Gasteiger partial charge >= 0.3 is 0 Å². The molecule has 0 aromatic carbocycles. The second-order valence-corrected chi connectivity index (χ2v) is 1.57. The van der Waals surface area contributed by atoms with Crippen molar-refractivity contribution in [1.82, 2.24) is 5.32 Å². The van der Waals surface area contributed by atoms with Crippen LogP contribution in [0.2, 0.25) is 0 Å². The van der Waals surface area contributed by atoms with Crippen LogP contribution in [0.3, 0.4) is 0 Å². The van der Waals surface area contributed by atoms with Crippen LogP contribution in [0.5, 0.6) is 0 Å². The fraction of sp³-hybridized carbons (Fsp3) is 0.750. The fourth-order valence-corrected chi connectivity index (χ4v) is 0.519. The van der Waals surface area contributed by atoms with Crippen molar-refractivity contribution in [3.05, 3.63) is 0 Å². The van der Waals surface area contributed by atoms with Crippen LogP contribution in [-0.2, 0) is 9.53 Å². The van der Waals surface area contributed by atoms with Crippen molar-refractivity contribution >= 4 is 5.91 Å². The molecule has 0 radical (unpaired) electrons. The van der Waals surface area contributed by atoms with Crippen molar-refractivity contribution in [2.45, 2.75) is 6.10 Å². The van der Waals surface area contributed by atoms with Crippen LogP contribution >= 0.6 is 0 Å². The lowest BCUT2D eigenvalue weighted by atomic mass is 10.2. The summed E-state index contributed by atoms with van der Waals surface area (Å²) in [5.41, 5.74) is 5.00. The molecule has 8 heavy (non-hydrogen) atoms. The number of hydrogen-bond acceptors (Lipinski definition) is 3. The van der Waals surface area contributed by atoms with Crippen LogP contribution in [0.25, 0.3) is 0 Å². The van der Waals surface area contributed by atoms with E-state index in [1.807, 2.05) is 0 Å². The summed E-state index contributed by atoms with van der Waals surface area (Å²) in [6.45, 7) is 0.730. The fourth-order valence-electron chi connectivity index (χ4n) is 0.519. The maximum absolute atomic E-state index is 10.3. The Balaban J connectivity index is 2.17. The highest BCUT2D eigenvalue weighted by Gasteiger charge is 2.27. The van der Waals surface area contributed by atoms with Crippen molar-refractivity contribution in [3.63, 3.8) is 0 Å². The maximum atomic E-state index is 10.3. The smallest absolute Gasteiger partial charge is 0.251 e. The van der Waals surface area contributed by atoms with E-state index < -0.39 is 0 Å². The predicted molar refractivity (Wildman–Crippen MR) is 26.9 cm³/mol. The minimum absolute atomic E-state index is 0.0598. The third-order valence-electron chi connectivity index (χ3n) is 1.05. The van der Waals surface area contributed by atoms with Crippen molar-refractivity contribution in [3.8, 4) is 0 Å². The van der Waals surface area contributed by atoms with Gasteiger partial charge in [0.05, 0.1) is 13.3 Å². The number of ether oxygens (including phenoxy) is 1. The normalized spacial score (nSPS) is 26.6. The molecular weight excluding hydrogens is 108 g/mol. The lowest BCUT2D eigenvalue weighted by Crippen LogP contribution is -2.55. The average molecular weight is 116 g/mol. The summed E-state index contributed by atoms with van der Waals surface area (Å²) in [5.74, 6) is -0.0598. The van der Waals surface area contributed by atoms with Gasteiger partial charge in [-0.15, -0.1) is 0 Å². The molecule has 1 heterocycles. The number of amides is 1. The molecule has 3 N–H and O–H groups in total. The van der Waals surface area contributed by atoms with E-state index in [0.717, 1.165) is 0 Å². The molecule has 46 valence electrons. The Hall–Kier alpha value is -0.610. The maximum Gasteiger partial charge on any atom is 0.251 e. The average Bonchev–Trinajstić information content (AvgIpc) is 1.79. The molecule has 1 atom stereocenters. The molecule has 0 saturated carbocycles. The summed E-state index contributed by atoms with van der Waals surface area (Å²) in [7, 11) is 0. The molecule has 1 fully saturated rings. The number of nitrogens with one attached hydrogen (secondary N) is 1. The molecule has 1 aliphatic heterocycles. The van der Waals surface area contributed by atoms with E-state index in [2.05, 4.69) is 5.32 Å². The first-order valence-electron chi connectivity index (χ1n) is 2.44. The number of nitrogens with two attached hydrogens (primary N) is 1. The number of hydrogen-bond donors (Lipinski definition) is 2. The number of carbonyl (C=O) groups excluding carboxylic acids is 1. The van der Waals surface area contributed by atoms with Gasteiger partial charge in [0, 0.05) is 0 Å². The Morgan fingerprint density at radius 3 is 2.88 bits per heavy atom. The largest absolute Gasteiger partial charge is 0.352 e. The summed E-state index contributed by atoms with van der Waals surface area (Å²) in [5, 5.41) is 2.52. The minimum atomic E-state index is -0.278. The molecule has 0 aromatic rings. The van der Waals surface area contributed by atoms with Crippen molar-refractivity contribution in [2.75, 3.05) is 13.3 Å². The second kappa shape index (κ2) is 2.11. The van der Waals surface area contributed by atoms with E-state index >= 15 is 0 Å². The SMILES string of the molecule is NCO[C@H]1CNC1=O. The summed E-state index contributed by atoms with van der Waals surface area (Å²) in [4.78, 5) is 10.3. The molecule has 0 unspecified atom stereocenters. The van der Waals surface area contributed by atoms with Crippen molar-refractivity contribution < 1.29 is 9.53 Å². The Bertz CT molecular complexity index is 104. The zero-order valence-corrected chi connectivity index (χ0v) is 4.39. The highest BCUT2D eigenvalue weighted by Crippen LogP contribution is 1.97. The Morgan fingerprint density at radius 1 is 2.00 bits per heavy atom. The highest BCUT2D eigenvalue weighted by molar-refractivity contribution is 5.86. The molecule has 1 rings (SSSR count). The van der Waals surface area contributed by atoms with Gasteiger partial charge in [0.25, 0.3) is 5.91 Å². The zero-order valence-electron chi connectivity index (χ0n) is 4.39. The van der Waals surface area contributed by atoms with Crippen molar-refractivity contribution in [2.24, 2.45) is 5.73 Å². The molecular formula is C4H8N2O2. The van der Waals surface area contributed by atoms with Gasteiger partial charge < -0.3 is 15.8 Å². The van der Waals surface area contributed by atoms with E-state index in [4.69, 9.17) is 10.5 Å². The van der Waals surface area contributed by atoms with Crippen LogP contribution in [0.1, 0.15) is 0 Å². The standard InChI is InChI=1S/C4H8N2O2/c5-2-8-3-1-6-4(3)7/h3H,1-2,5H2,(H,6,7)/t3-/m0/s1. The van der Waals surface area contributed by atoms with Crippen LogP contribution < -0.4 is 11.1 Å². The molecule has 0 bridgehead atoms. The molecule has 1 aliphatic rings. The van der Waals surface area contributed by atoms with Gasteiger partial charge in [-0.1, -0.05) is 0 Å². The van der Waals surface area contributed by atoms with Gasteiger partial charge in [0.15, 0.2) is 6.10 Å². The highest BCUT2D eigenvalue weighted by atomic mass is 16.5. The molecule has 1 saturated heterocycles. The van der Waals surface area contributed by atoms with Gasteiger partial charge in [-0.2, -0.15) is 0 Å². The van der Waals surface area contributed by atoms with Gasteiger partial charge in [0.1, 0.15) is 0 Å². The monoisotopic (exact) mass is 116 g/mol. The van der Waals surface area contributed by atoms with Gasteiger partial charge in [0.2, 0.25) is 0 Å². The minimum Gasteiger partial charge on any atom is -0.352 e. The molecule has 4 heteroatoms. The first-order chi connectivity index (χ1) is 3.84. The number of β-lactam (4-membered cyclic amide) rings is 1. The van der Waals surface area contributed by atoms with Crippen molar-refractivity contribution in [1.29, 1.82) is 0 Å². The van der Waals surface area contributed by atoms with Gasteiger partial charge in [-0.05, 0) is 0 Å². The summed E-state index contributed by atoms with van der Waals surface area (Å²) in [6.07, 6.45) is -0.278. The van der Waals surface area contributed by atoms with E-state index in [1.54, 1.807) is 0 Å². The molecule has 0 aromatic heterocycles. The zero-order chi connectivity index (χ0) is 5.98. The molecule has 1 amide bonds. The van der Waals surface area contributed by atoms with Crippen LogP contribution in [0.4, 0.5) is 0 Å². The van der Waals surface area contributed by atoms with Crippen LogP contribution in [-0.4, -0.2) is 25.3 Å². The Morgan fingerprint density at radius 2 is 2.75 bits per heavy atom. The Labute approximate surface area is 47.0 Å². The van der Waals surface area contributed by atoms with Gasteiger partial charge in [-0.25, -0.2) is 0 Å². The molecule has 0 aliphatic carbocycles. The van der Waals surface area contributed by atoms with Crippen LogP contribution in [0, 0.1) is 0 Å². The first kappa shape index (κ1) is 5.53. The summed E-state index contributed by atoms with van der Waals surface area (Å²) >= 11 is 0. The third-order valence-corrected chi connectivity index (χ3v) is 1.05. The van der Waals surface area contributed by atoms with E-state index in [1.165, 1.54) is 0 Å². The number of rotatable bonds is 2. The first-order valence-corrected chi connectivity index (χ1v) is 2.44. The van der Waals surface area contributed by atoms with E-state index in [9.17, 15) is 4.79 Å². The number of carbonyl (C=O) groups is 1. The summed E-state index contributed by atoms with van der Waals surface area (Å²) in [6, 6.07) is 0. The third kappa shape index (κ3) is 0.801. The molecule has 0 spiro atoms. The Kier molecular flexibility index (Phi) is 1.45.